The van der Waals surface area contributed by atoms with Crippen molar-refractivity contribution in [2.45, 2.75) is 32.7 Å². The molecule has 0 amide bonds. The molecule has 0 saturated heterocycles. The summed E-state index contributed by atoms with van der Waals surface area (Å²) in [5, 5.41) is 7.02. The van der Waals surface area contributed by atoms with Gasteiger partial charge < -0.3 is 9.84 Å². The fourth-order valence-electron chi connectivity index (χ4n) is 1.50. The summed E-state index contributed by atoms with van der Waals surface area (Å²) in [5.41, 5.74) is 0. The Kier molecular flexibility index (Phi) is 5.70. The first-order valence-electron chi connectivity index (χ1n) is 5.43. The number of rotatable bonds is 8. The Labute approximate surface area is 90.8 Å². The predicted octanol–water partition coefficient (Wildman–Crippen LogP) is 2.15. The largest absolute Gasteiger partial charge is 0.343 e. The van der Waals surface area contributed by atoms with Gasteiger partial charge in [0.15, 0.2) is 5.82 Å². The van der Waals surface area contributed by atoms with Gasteiger partial charge in [-0.2, -0.15) is 4.98 Å². The lowest BCUT2D eigenvalue weighted by molar-refractivity contribution is 0.404. The second-order valence-corrected chi connectivity index (χ2v) is 3.61. The molecule has 0 radical (unpaired) electrons. The van der Waals surface area contributed by atoms with Gasteiger partial charge in [0.1, 0.15) is 0 Å². The molecular weight excluding hydrogens is 190 g/mol. The van der Waals surface area contributed by atoms with Gasteiger partial charge in [0.05, 0.1) is 6.54 Å². The Bertz CT molecular complexity index is 259. The van der Waals surface area contributed by atoms with Crippen molar-refractivity contribution in [3.63, 3.8) is 0 Å². The number of aromatic nitrogens is 2. The molecule has 0 spiro atoms. The van der Waals surface area contributed by atoms with Crippen molar-refractivity contribution in [3.8, 4) is 0 Å². The molecular formula is C11H19N3O. The van der Waals surface area contributed by atoms with Crippen molar-refractivity contribution >= 4 is 0 Å². The monoisotopic (exact) mass is 209 g/mol. The van der Waals surface area contributed by atoms with Gasteiger partial charge in [0, 0.05) is 0 Å². The van der Waals surface area contributed by atoms with E-state index < -0.39 is 0 Å². The molecule has 1 aromatic heterocycles. The van der Waals surface area contributed by atoms with Gasteiger partial charge >= 0.3 is 0 Å². The fourth-order valence-corrected chi connectivity index (χ4v) is 1.50. The summed E-state index contributed by atoms with van der Waals surface area (Å²) in [5.74, 6) is 1.45. The molecule has 0 aromatic carbocycles. The highest BCUT2D eigenvalue weighted by Gasteiger charge is 2.03. The third-order valence-corrected chi connectivity index (χ3v) is 2.50. The number of hydrogen-bond acceptors (Lipinski definition) is 4. The van der Waals surface area contributed by atoms with Crippen molar-refractivity contribution in [2.24, 2.45) is 5.92 Å². The van der Waals surface area contributed by atoms with Crippen molar-refractivity contribution in [2.75, 3.05) is 6.54 Å². The Morgan fingerprint density at radius 3 is 3.13 bits per heavy atom. The number of nitrogens with zero attached hydrogens (tertiary/aromatic N) is 2. The average Bonchev–Trinajstić information content (AvgIpc) is 2.75. The molecule has 0 bridgehead atoms. The van der Waals surface area contributed by atoms with E-state index in [1.165, 1.54) is 19.2 Å². The molecule has 0 saturated carbocycles. The van der Waals surface area contributed by atoms with Gasteiger partial charge in [-0.3, -0.25) is 0 Å². The fraction of sp³-hybridized carbons (Fsp3) is 0.636. The van der Waals surface area contributed by atoms with Crippen LogP contribution in [-0.2, 0) is 6.54 Å². The minimum absolute atomic E-state index is 0.682. The van der Waals surface area contributed by atoms with Crippen molar-refractivity contribution < 1.29 is 4.52 Å². The molecule has 4 nitrogen and oxygen atoms in total. The Morgan fingerprint density at radius 1 is 1.67 bits per heavy atom. The third-order valence-electron chi connectivity index (χ3n) is 2.50. The molecule has 15 heavy (non-hydrogen) atoms. The number of allylic oxidation sites excluding steroid dienone is 1. The Morgan fingerprint density at radius 2 is 2.53 bits per heavy atom. The Balaban J connectivity index is 2.07. The van der Waals surface area contributed by atoms with Crippen LogP contribution < -0.4 is 5.32 Å². The van der Waals surface area contributed by atoms with Crippen LogP contribution in [-0.4, -0.2) is 16.7 Å². The summed E-state index contributed by atoms with van der Waals surface area (Å²) < 4.78 is 4.64. The number of nitrogens with one attached hydrogen (secondary N) is 1. The molecule has 0 aliphatic heterocycles. The first-order chi connectivity index (χ1) is 7.36. The first-order valence-corrected chi connectivity index (χ1v) is 5.43. The van der Waals surface area contributed by atoms with Gasteiger partial charge in [0.2, 0.25) is 6.39 Å². The van der Waals surface area contributed by atoms with E-state index in [4.69, 9.17) is 0 Å². The van der Waals surface area contributed by atoms with Crippen molar-refractivity contribution in [1.82, 2.24) is 15.5 Å². The van der Waals surface area contributed by atoms with Gasteiger partial charge in [-0.15, -0.1) is 6.58 Å². The maximum Gasteiger partial charge on any atom is 0.213 e. The third kappa shape index (κ3) is 4.74. The van der Waals surface area contributed by atoms with Crippen LogP contribution in [0.4, 0.5) is 0 Å². The zero-order valence-electron chi connectivity index (χ0n) is 9.28. The molecule has 1 aromatic rings. The molecule has 1 N–H and O–H groups in total. The highest BCUT2D eigenvalue weighted by atomic mass is 16.5. The zero-order chi connectivity index (χ0) is 10.9. The summed E-state index contributed by atoms with van der Waals surface area (Å²) in [6.07, 6.45) is 6.81. The van der Waals surface area contributed by atoms with Gasteiger partial charge in [-0.05, 0) is 25.3 Å². The van der Waals surface area contributed by atoms with Crippen LogP contribution >= 0.6 is 0 Å². The van der Waals surface area contributed by atoms with Crippen LogP contribution in [0.2, 0.25) is 0 Å². The van der Waals surface area contributed by atoms with E-state index in [9.17, 15) is 0 Å². The molecule has 1 heterocycles. The average molecular weight is 209 g/mol. The van der Waals surface area contributed by atoms with Crippen LogP contribution in [0.3, 0.4) is 0 Å². The van der Waals surface area contributed by atoms with E-state index in [0.29, 0.717) is 12.4 Å². The van der Waals surface area contributed by atoms with E-state index >= 15 is 0 Å². The standard InChI is InChI=1S/C11H19N3O/c1-3-5-10(4-2)6-7-12-8-11-13-9-15-14-11/h3,9-10,12H,1,4-8H2,2H3. The quantitative estimate of drug-likeness (QED) is 0.526. The summed E-state index contributed by atoms with van der Waals surface area (Å²) in [7, 11) is 0. The lowest BCUT2D eigenvalue weighted by Crippen LogP contribution is -2.18. The number of hydrogen-bond donors (Lipinski definition) is 1. The minimum Gasteiger partial charge on any atom is -0.343 e. The lowest BCUT2D eigenvalue weighted by Gasteiger charge is -2.11. The summed E-state index contributed by atoms with van der Waals surface area (Å²) in [6, 6.07) is 0. The van der Waals surface area contributed by atoms with E-state index in [0.717, 1.165) is 18.9 Å². The van der Waals surface area contributed by atoms with Gasteiger partial charge in [-0.25, -0.2) is 0 Å². The first kappa shape index (κ1) is 11.9. The molecule has 4 heteroatoms. The predicted molar refractivity (Wildman–Crippen MR) is 59.2 cm³/mol. The second-order valence-electron chi connectivity index (χ2n) is 3.61. The normalized spacial score (nSPS) is 12.6. The van der Waals surface area contributed by atoms with Gasteiger partial charge in [0.25, 0.3) is 0 Å². The van der Waals surface area contributed by atoms with E-state index in [-0.39, 0.29) is 0 Å². The van der Waals surface area contributed by atoms with Crippen LogP contribution in [0, 0.1) is 5.92 Å². The summed E-state index contributed by atoms with van der Waals surface area (Å²) >= 11 is 0. The summed E-state index contributed by atoms with van der Waals surface area (Å²) in [4.78, 5) is 3.93. The van der Waals surface area contributed by atoms with Crippen LogP contribution in [0.5, 0.6) is 0 Å². The SMILES string of the molecule is C=CCC(CC)CCNCc1ncon1. The van der Waals surface area contributed by atoms with Crippen LogP contribution in [0.25, 0.3) is 0 Å². The van der Waals surface area contributed by atoms with E-state index in [1.54, 1.807) is 0 Å². The molecule has 0 aliphatic rings. The molecule has 1 atom stereocenters. The van der Waals surface area contributed by atoms with Crippen LogP contribution in [0.15, 0.2) is 23.6 Å². The lowest BCUT2D eigenvalue weighted by atomic mass is 9.99. The maximum absolute atomic E-state index is 4.64. The molecule has 1 unspecified atom stereocenters. The van der Waals surface area contributed by atoms with Crippen molar-refractivity contribution in [3.05, 3.63) is 24.9 Å². The summed E-state index contributed by atoms with van der Waals surface area (Å²) in [6.45, 7) is 7.65. The zero-order valence-corrected chi connectivity index (χ0v) is 9.28. The van der Waals surface area contributed by atoms with Gasteiger partial charge in [-0.1, -0.05) is 24.6 Å². The van der Waals surface area contributed by atoms with E-state index in [2.05, 4.69) is 33.5 Å². The molecule has 0 fully saturated rings. The minimum atomic E-state index is 0.682. The topological polar surface area (TPSA) is 51.0 Å². The molecule has 0 aliphatic carbocycles. The highest BCUT2D eigenvalue weighted by Crippen LogP contribution is 2.12. The van der Waals surface area contributed by atoms with Crippen LogP contribution in [0.1, 0.15) is 32.0 Å². The smallest absolute Gasteiger partial charge is 0.213 e. The highest BCUT2D eigenvalue weighted by molar-refractivity contribution is 4.77. The molecule has 84 valence electrons. The Hall–Kier alpha value is -1.16. The van der Waals surface area contributed by atoms with Crippen molar-refractivity contribution in [1.29, 1.82) is 0 Å². The maximum atomic E-state index is 4.64. The molecule has 1 rings (SSSR count). The second kappa shape index (κ2) is 7.17. The van der Waals surface area contributed by atoms with E-state index in [1.807, 2.05) is 6.08 Å².